The van der Waals surface area contributed by atoms with E-state index in [0.29, 0.717) is 13.1 Å². The zero-order valence-electron chi connectivity index (χ0n) is 8.53. The number of rotatable bonds is 5. The molecule has 0 aliphatic carbocycles. The van der Waals surface area contributed by atoms with Crippen LogP contribution in [0.5, 0.6) is 0 Å². The first-order valence-electron chi connectivity index (χ1n) is 4.63. The van der Waals surface area contributed by atoms with E-state index in [-0.39, 0.29) is 5.92 Å². The van der Waals surface area contributed by atoms with Crippen LogP contribution in [0, 0.1) is 5.92 Å². The molecule has 0 saturated heterocycles. The van der Waals surface area contributed by atoms with Gasteiger partial charge in [-0.25, -0.2) is 4.79 Å². The fourth-order valence-electron chi connectivity index (χ4n) is 0.897. The molecule has 90 valence electrons. The lowest BCUT2D eigenvalue weighted by atomic mass is 10.1. The maximum atomic E-state index is 11.7. The third kappa shape index (κ3) is 9.33. The molecule has 0 aromatic rings. The molecule has 0 aliphatic rings. The van der Waals surface area contributed by atoms with E-state index in [9.17, 15) is 18.0 Å². The van der Waals surface area contributed by atoms with E-state index in [2.05, 4.69) is 5.32 Å². The third-order valence-electron chi connectivity index (χ3n) is 1.72. The summed E-state index contributed by atoms with van der Waals surface area (Å²) in [5.74, 6) is 0.159. The van der Waals surface area contributed by atoms with Crippen molar-refractivity contribution in [1.29, 1.82) is 0 Å². The van der Waals surface area contributed by atoms with Gasteiger partial charge in [-0.3, -0.25) is 0 Å². The van der Waals surface area contributed by atoms with Crippen molar-refractivity contribution in [3.05, 3.63) is 0 Å². The van der Waals surface area contributed by atoms with Gasteiger partial charge in [-0.1, -0.05) is 6.92 Å². The molecule has 0 aliphatic heterocycles. The van der Waals surface area contributed by atoms with Crippen molar-refractivity contribution >= 4 is 6.03 Å². The summed E-state index contributed by atoms with van der Waals surface area (Å²) in [5.41, 5.74) is 5.27. The molecule has 0 aromatic heterocycles. The maximum Gasteiger partial charge on any atom is 0.405 e. The number of amides is 2. The number of urea groups is 1. The van der Waals surface area contributed by atoms with Crippen LogP contribution in [0.1, 0.15) is 13.3 Å². The van der Waals surface area contributed by atoms with Crippen LogP contribution in [0.3, 0.4) is 0 Å². The Bertz CT molecular complexity index is 196. The lowest BCUT2D eigenvalue weighted by molar-refractivity contribution is -0.122. The summed E-state index contributed by atoms with van der Waals surface area (Å²) in [6.07, 6.45) is -3.65. The number of nitrogens with one attached hydrogen (secondary N) is 2. The topological polar surface area (TPSA) is 67.1 Å². The molecule has 0 saturated carbocycles. The van der Waals surface area contributed by atoms with Gasteiger partial charge < -0.3 is 16.4 Å². The Balaban J connectivity index is 3.58. The Labute approximate surface area is 86.4 Å². The summed E-state index contributed by atoms with van der Waals surface area (Å²) < 4.78 is 35.0. The van der Waals surface area contributed by atoms with Crippen molar-refractivity contribution in [2.75, 3.05) is 19.6 Å². The summed E-state index contributed by atoms with van der Waals surface area (Å²) in [6.45, 7) is 1.36. The van der Waals surface area contributed by atoms with Crippen LogP contribution in [-0.4, -0.2) is 31.8 Å². The van der Waals surface area contributed by atoms with Gasteiger partial charge in [-0.2, -0.15) is 13.2 Å². The van der Waals surface area contributed by atoms with E-state index in [1.165, 1.54) is 0 Å². The second-order valence-electron chi connectivity index (χ2n) is 3.36. The largest absolute Gasteiger partial charge is 0.405 e. The molecule has 1 atom stereocenters. The predicted octanol–water partition coefficient (Wildman–Crippen LogP) is 0.833. The van der Waals surface area contributed by atoms with Crippen LogP contribution in [-0.2, 0) is 0 Å². The number of hydrogen-bond acceptors (Lipinski definition) is 2. The molecule has 0 heterocycles. The minimum atomic E-state index is -4.37. The van der Waals surface area contributed by atoms with Crippen LogP contribution in [0.4, 0.5) is 18.0 Å². The first-order chi connectivity index (χ1) is 6.85. The number of nitrogens with two attached hydrogens (primary N) is 1. The van der Waals surface area contributed by atoms with Gasteiger partial charge in [0.05, 0.1) is 0 Å². The third-order valence-corrected chi connectivity index (χ3v) is 1.72. The van der Waals surface area contributed by atoms with Gasteiger partial charge in [0.1, 0.15) is 6.54 Å². The first-order valence-corrected chi connectivity index (χ1v) is 4.63. The smallest absolute Gasteiger partial charge is 0.338 e. The highest BCUT2D eigenvalue weighted by molar-refractivity contribution is 5.73. The van der Waals surface area contributed by atoms with Crippen LogP contribution in [0.25, 0.3) is 0 Å². The SMILES string of the molecule is CC(CCN)CNC(=O)NCC(F)(F)F. The molecule has 1 unspecified atom stereocenters. The first kappa shape index (κ1) is 14.0. The van der Waals surface area contributed by atoms with E-state index in [1.807, 2.05) is 6.92 Å². The Morgan fingerprint density at radius 1 is 1.40 bits per heavy atom. The number of hydrogen-bond donors (Lipinski definition) is 3. The van der Waals surface area contributed by atoms with Gasteiger partial charge in [-0.05, 0) is 18.9 Å². The van der Waals surface area contributed by atoms with E-state index >= 15 is 0 Å². The molecule has 4 N–H and O–H groups in total. The molecule has 0 aromatic carbocycles. The number of carbonyl (C=O) groups is 1. The van der Waals surface area contributed by atoms with Gasteiger partial charge in [0, 0.05) is 6.54 Å². The van der Waals surface area contributed by atoms with Crippen molar-refractivity contribution in [2.24, 2.45) is 11.7 Å². The molecule has 0 rings (SSSR count). The number of halogens is 3. The van der Waals surface area contributed by atoms with Gasteiger partial charge in [0.15, 0.2) is 0 Å². The van der Waals surface area contributed by atoms with Crippen LogP contribution in [0.15, 0.2) is 0 Å². The Morgan fingerprint density at radius 2 is 2.00 bits per heavy atom. The molecule has 0 bridgehead atoms. The highest BCUT2D eigenvalue weighted by Crippen LogP contribution is 2.11. The predicted molar refractivity (Wildman–Crippen MR) is 50.3 cm³/mol. The van der Waals surface area contributed by atoms with Crippen molar-refractivity contribution in [2.45, 2.75) is 19.5 Å². The van der Waals surface area contributed by atoms with E-state index in [0.717, 1.165) is 6.42 Å². The summed E-state index contributed by atoms with van der Waals surface area (Å²) >= 11 is 0. The highest BCUT2D eigenvalue weighted by Gasteiger charge is 2.27. The maximum absolute atomic E-state index is 11.7. The monoisotopic (exact) mass is 227 g/mol. The lowest BCUT2D eigenvalue weighted by Crippen LogP contribution is -2.42. The molecule has 2 amide bonds. The van der Waals surface area contributed by atoms with E-state index < -0.39 is 18.8 Å². The summed E-state index contributed by atoms with van der Waals surface area (Å²) in [5, 5.41) is 4.05. The number of carbonyl (C=O) groups excluding carboxylic acids is 1. The average Bonchev–Trinajstić information content (AvgIpc) is 2.11. The standard InChI is InChI=1S/C8H16F3N3O/c1-6(2-3-12)4-13-7(15)14-5-8(9,10)11/h6H,2-5,12H2,1H3,(H2,13,14,15). The van der Waals surface area contributed by atoms with Gasteiger partial charge >= 0.3 is 12.2 Å². The minimum absolute atomic E-state index is 0.159. The minimum Gasteiger partial charge on any atom is -0.338 e. The molecular weight excluding hydrogens is 211 g/mol. The van der Waals surface area contributed by atoms with Crippen LogP contribution < -0.4 is 16.4 Å². The van der Waals surface area contributed by atoms with Crippen LogP contribution in [0.2, 0.25) is 0 Å². The lowest BCUT2D eigenvalue weighted by Gasteiger charge is -2.13. The second-order valence-corrected chi connectivity index (χ2v) is 3.36. The zero-order chi connectivity index (χ0) is 11.9. The molecular formula is C8H16F3N3O. The van der Waals surface area contributed by atoms with Crippen molar-refractivity contribution in [1.82, 2.24) is 10.6 Å². The summed E-state index contributed by atoms with van der Waals surface area (Å²) in [4.78, 5) is 10.8. The normalized spacial score (nSPS) is 13.4. The second kappa shape index (κ2) is 6.49. The molecule has 0 radical (unpaired) electrons. The van der Waals surface area contributed by atoms with Crippen molar-refractivity contribution < 1.29 is 18.0 Å². The van der Waals surface area contributed by atoms with Gasteiger partial charge in [0.2, 0.25) is 0 Å². The molecule has 7 heteroatoms. The van der Waals surface area contributed by atoms with Crippen LogP contribution >= 0.6 is 0 Å². The Hall–Kier alpha value is -0.980. The average molecular weight is 227 g/mol. The number of alkyl halides is 3. The zero-order valence-corrected chi connectivity index (χ0v) is 8.53. The van der Waals surface area contributed by atoms with E-state index in [4.69, 9.17) is 5.73 Å². The molecule has 15 heavy (non-hydrogen) atoms. The fraction of sp³-hybridized carbons (Fsp3) is 0.875. The van der Waals surface area contributed by atoms with Gasteiger partial charge in [0.25, 0.3) is 0 Å². The van der Waals surface area contributed by atoms with Gasteiger partial charge in [-0.15, -0.1) is 0 Å². The highest BCUT2D eigenvalue weighted by atomic mass is 19.4. The van der Waals surface area contributed by atoms with Crippen molar-refractivity contribution in [3.63, 3.8) is 0 Å². The molecule has 0 fully saturated rings. The van der Waals surface area contributed by atoms with E-state index in [1.54, 1.807) is 5.32 Å². The molecule has 4 nitrogen and oxygen atoms in total. The summed E-state index contributed by atoms with van der Waals surface area (Å²) in [7, 11) is 0. The van der Waals surface area contributed by atoms with Crippen molar-refractivity contribution in [3.8, 4) is 0 Å². The Morgan fingerprint density at radius 3 is 2.47 bits per heavy atom. The summed E-state index contributed by atoms with van der Waals surface area (Å²) in [6, 6.07) is -0.809. The Kier molecular flexibility index (Phi) is 6.07. The quantitative estimate of drug-likeness (QED) is 0.651. The molecule has 0 spiro atoms. The fourth-order valence-corrected chi connectivity index (χ4v) is 0.897.